The van der Waals surface area contributed by atoms with Crippen LogP contribution in [0, 0.1) is 6.92 Å². The van der Waals surface area contributed by atoms with Crippen LogP contribution in [0.5, 0.6) is 5.75 Å². The molecule has 2 aromatic rings. The van der Waals surface area contributed by atoms with Crippen LogP contribution in [0.1, 0.15) is 64.2 Å². The Morgan fingerprint density at radius 1 is 0.968 bits per heavy atom. The summed E-state index contributed by atoms with van der Waals surface area (Å²) < 4.78 is 5.75. The average Bonchev–Trinajstić information content (AvgIpc) is 2.70. The summed E-state index contributed by atoms with van der Waals surface area (Å²) >= 11 is 0. The molecule has 31 heavy (non-hydrogen) atoms. The van der Waals surface area contributed by atoms with Gasteiger partial charge >= 0.3 is 0 Å². The van der Waals surface area contributed by atoms with Crippen molar-refractivity contribution in [2.75, 3.05) is 6.61 Å². The molecule has 0 unspecified atom stereocenters. The Bertz CT molecular complexity index is 865. The maximum atomic E-state index is 13.1. The van der Waals surface area contributed by atoms with Gasteiger partial charge in [-0.15, -0.1) is 0 Å². The van der Waals surface area contributed by atoms with Crippen LogP contribution in [0.4, 0.5) is 0 Å². The van der Waals surface area contributed by atoms with Crippen molar-refractivity contribution in [2.24, 2.45) is 0 Å². The first-order valence-electron chi connectivity index (χ1n) is 10.9. The topological polar surface area (TPSA) is 58.6 Å². The smallest absolute Gasteiger partial charge is 0.261 e. The Morgan fingerprint density at radius 2 is 1.55 bits per heavy atom. The average molecular weight is 425 g/mol. The van der Waals surface area contributed by atoms with E-state index in [0.29, 0.717) is 18.2 Å². The Balaban J connectivity index is 2.14. The van der Waals surface area contributed by atoms with E-state index in [9.17, 15) is 9.59 Å². The van der Waals surface area contributed by atoms with Crippen molar-refractivity contribution >= 4 is 11.8 Å². The van der Waals surface area contributed by atoms with Crippen molar-refractivity contribution in [2.45, 2.75) is 72.5 Å². The van der Waals surface area contributed by atoms with Gasteiger partial charge < -0.3 is 15.0 Å². The fourth-order valence-electron chi connectivity index (χ4n) is 3.12. The number of carbonyl (C=O) groups is 2. The molecule has 5 heteroatoms. The lowest BCUT2D eigenvalue weighted by atomic mass is 10.0. The number of ether oxygens (including phenoxy) is 1. The Kier molecular flexibility index (Phi) is 8.26. The number of amides is 2. The molecule has 0 bridgehead atoms. The van der Waals surface area contributed by atoms with Crippen molar-refractivity contribution < 1.29 is 14.3 Å². The normalized spacial score (nSPS) is 12.4. The maximum absolute atomic E-state index is 13.1. The second kappa shape index (κ2) is 10.5. The van der Waals surface area contributed by atoms with E-state index in [-0.39, 0.29) is 24.0 Å². The predicted octanol–water partition coefficient (Wildman–Crippen LogP) is 4.83. The number of rotatable bonds is 8. The highest BCUT2D eigenvalue weighted by Gasteiger charge is 2.28. The van der Waals surface area contributed by atoms with Crippen molar-refractivity contribution in [3.63, 3.8) is 0 Å². The number of nitrogens with one attached hydrogen (secondary N) is 1. The maximum Gasteiger partial charge on any atom is 0.261 e. The molecule has 2 amide bonds. The van der Waals surface area contributed by atoms with Crippen LogP contribution in [-0.4, -0.2) is 34.9 Å². The minimum absolute atomic E-state index is 0.125. The van der Waals surface area contributed by atoms with Crippen molar-refractivity contribution in [3.05, 3.63) is 65.2 Å². The van der Waals surface area contributed by atoms with E-state index in [1.54, 1.807) is 11.8 Å². The van der Waals surface area contributed by atoms with E-state index in [1.165, 1.54) is 5.56 Å². The first kappa shape index (κ1) is 24.4. The van der Waals surface area contributed by atoms with Crippen LogP contribution in [-0.2, 0) is 16.1 Å². The van der Waals surface area contributed by atoms with Gasteiger partial charge in [-0.3, -0.25) is 9.59 Å². The zero-order chi connectivity index (χ0) is 23.2. The van der Waals surface area contributed by atoms with Gasteiger partial charge in [-0.05, 0) is 63.8 Å². The number of carbonyl (C=O) groups excluding carboxylic acids is 2. The third-order valence-electron chi connectivity index (χ3n) is 5.05. The van der Waals surface area contributed by atoms with Gasteiger partial charge in [0, 0.05) is 12.1 Å². The number of hydrogen-bond donors (Lipinski definition) is 1. The summed E-state index contributed by atoms with van der Waals surface area (Å²) in [4.78, 5) is 27.5. The first-order valence-corrected chi connectivity index (χ1v) is 10.9. The van der Waals surface area contributed by atoms with Gasteiger partial charge in [0.2, 0.25) is 5.91 Å². The van der Waals surface area contributed by atoms with Gasteiger partial charge in [0.05, 0.1) is 0 Å². The summed E-state index contributed by atoms with van der Waals surface area (Å²) in [5.41, 5.74) is 2.95. The summed E-state index contributed by atoms with van der Waals surface area (Å²) in [5.74, 6) is 0.655. The fraction of sp³-hybridized carbons (Fsp3) is 0.462. The highest BCUT2D eigenvalue weighted by atomic mass is 16.5. The Hall–Kier alpha value is -2.82. The van der Waals surface area contributed by atoms with Crippen molar-refractivity contribution in [1.82, 2.24) is 10.2 Å². The molecule has 0 radical (unpaired) electrons. The monoisotopic (exact) mass is 424 g/mol. The molecule has 0 saturated heterocycles. The summed E-state index contributed by atoms with van der Waals surface area (Å²) in [6.45, 7) is 14.0. The highest BCUT2D eigenvalue weighted by molar-refractivity contribution is 5.88. The SMILES string of the molecule is Cc1ccc(CN(C(=O)COc2ccc(C(C)C)cc2)[C@@H](C)C(=O)NC(C)(C)C)cc1. The lowest BCUT2D eigenvalue weighted by Crippen LogP contribution is -2.53. The summed E-state index contributed by atoms with van der Waals surface area (Å²) in [7, 11) is 0. The number of hydrogen-bond acceptors (Lipinski definition) is 3. The van der Waals surface area contributed by atoms with Crippen LogP contribution in [0.3, 0.4) is 0 Å². The van der Waals surface area contributed by atoms with E-state index in [0.717, 1.165) is 11.1 Å². The van der Waals surface area contributed by atoms with Gasteiger partial charge in [0.1, 0.15) is 11.8 Å². The molecule has 0 saturated carbocycles. The third-order valence-corrected chi connectivity index (χ3v) is 5.05. The number of aryl methyl sites for hydroxylation is 1. The van der Waals surface area contributed by atoms with Crippen LogP contribution in [0.15, 0.2) is 48.5 Å². The third kappa shape index (κ3) is 7.74. The van der Waals surface area contributed by atoms with Crippen molar-refractivity contribution in [1.29, 1.82) is 0 Å². The van der Waals surface area contributed by atoms with E-state index in [2.05, 4.69) is 19.2 Å². The van der Waals surface area contributed by atoms with E-state index >= 15 is 0 Å². The van der Waals surface area contributed by atoms with Gasteiger partial charge in [-0.2, -0.15) is 0 Å². The molecule has 2 rings (SSSR count). The second-order valence-electron chi connectivity index (χ2n) is 9.43. The van der Waals surface area contributed by atoms with Gasteiger partial charge in [0.25, 0.3) is 5.91 Å². The molecule has 0 spiro atoms. The van der Waals surface area contributed by atoms with Crippen LogP contribution in [0.25, 0.3) is 0 Å². The van der Waals surface area contributed by atoms with Crippen LogP contribution >= 0.6 is 0 Å². The molecular formula is C26H36N2O3. The first-order chi connectivity index (χ1) is 14.5. The highest BCUT2D eigenvalue weighted by Crippen LogP contribution is 2.19. The number of nitrogens with zero attached hydrogens (tertiary/aromatic N) is 1. The minimum atomic E-state index is -0.625. The summed E-state index contributed by atoms with van der Waals surface area (Å²) in [6.07, 6.45) is 0. The number of benzene rings is 2. The molecule has 0 aliphatic rings. The Labute approximate surface area is 186 Å². The molecular weight excluding hydrogens is 388 g/mol. The molecule has 0 aromatic heterocycles. The van der Waals surface area contributed by atoms with Crippen LogP contribution < -0.4 is 10.1 Å². The van der Waals surface area contributed by atoms with Gasteiger partial charge in [-0.1, -0.05) is 55.8 Å². The van der Waals surface area contributed by atoms with E-state index in [1.807, 2.05) is 76.2 Å². The lowest BCUT2D eigenvalue weighted by molar-refractivity contribution is -0.142. The minimum Gasteiger partial charge on any atom is -0.484 e. The summed E-state index contributed by atoms with van der Waals surface area (Å²) in [5, 5.41) is 2.97. The molecule has 0 aliphatic heterocycles. The van der Waals surface area contributed by atoms with Gasteiger partial charge in [-0.25, -0.2) is 0 Å². The van der Waals surface area contributed by atoms with E-state index < -0.39 is 6.04 Å². The van der Waals surface area contributed by atoms with Crippen LogP contribution in [0.2, 0.25) is 0 Å². The lowest BCUT2D eigenvalue weighted by Gasteiger charge is -2.31. The standard InChI is InChI=1S/C26H36N2O3/c1-18(2)22-12-14-23(15-13-22)31-17-24(29)28(16-21-10-8-19(3)9-11-21)20(4)25(30)27-26(5,6)7/h8-15,18,20H,16-17H2,1-7H3,(H,27,30)/t20-/m0/s1. The Morgan fingerprint density at radius 3 is 2.06 bits per heavy atom. The van der Waals surface area contributed by atoms with Crippen molar-refractivity contribution in [3.8, 4) is 5.75 Å². The second-order valence-corrected chi connectivity index (χ2v) is 9.43. The molecule has 1 N–H and O–H groups in total. The quantitative estimate of drug-likeness (QED) is 0.660. The van der Waals surface area contributed by atoms with E-state index in [4.69, 9.17) is 4.74 Å². The summed E-state index contributed by atoms with van der Waals surface area (Å²) in [6, 6.07) is 15.1. The largest absolute Gasteiger partial charge is 0.484 e. The zero-order valence-corrected chi connectivity index (χ0v) is 19.9. The molecule has 5 nitrogen and oxygen atoms in total. The molecule has 0 aliphatic carbocycles. The molecule has 1 atom stereocenters. The zero-order valence-electron chi connectivity index (χ0n) is 19.9. The van der Waals surface area contributed by atoms with Gasteiger partial charge in [0.15, 0.2) is 6.61 Å². The molecule has 168 valence electrons. The molecule has 2 aromatic carbocycles. The molecule has 0 heterocycles. The fourth-order valence-corrected chi connectivity index (χ4v) is 3.12. The molecule has 0 fully saturated rings. The predicted molar refractivity (Wildman–Crippen MR) is 125 cm³/mol.